The standard InChI is InChI=1S/C14H23N3O3/c1-2-16-10-11(15)9-13(16)14(19)17-5-3-12(4-6-17)20-8-7-18/h9-10,12,18H,2-8,15H2,1H3. The van der Waals surface area contributed by atoms with Gasteiger partial charge < -0.3 is 25.0 Å². The normalized spacial score (nSPS) is 16.6. The smallest absolute Gasteiger partial charge is 0.270 e. The van der Waals surface area contributed by atoms with Crippen molar-refractivity contribution in [3.05, 3.63) is 18.0 Å². The second kappa shape index (κ2) is 6.76. The fourth-order valence-corrected chi connectivity index (χ4v) is 2.58. The molecule has 0 bridgehead atoms. The molecule has 1 saturated heterocycles. The van der Waals surface area contributed by atoms with Crippen LogP contribution < -0.4 is 5.73 Å². The van der Waals surface area contributed by atoms with Crippen LogP contribution in [-0.4, -0.2) is 52.9 Å². The zero-order valence-electron chi connectivity index (χ0n) is 11.9. The summed E-state index contributed by atoms with van der Waals surface area (Å²) in [5.74, 6) is 0.0316. The Balaban J connectivity index is 1.94. The highest BCUT2D eigenvalue weighted by molar-refractivity contribution is 5.93. The van der Waals surface area contributed by atoms with E-state index in [-0.39, 0.29) is 18.6 Å². The van der Waals surface area contributed by atoms with Crippen molar-refractivity contribution in [3.8, 4) is 0 Å². The lowest BCUT2D eigenvalue weighted by Gasteiger charge is -2.32. The molecule has 1 aromatic heterocycles. The summed E-state index contributed by atoms with van der Waals surface area (Å²) < 4.78 is 7.38. The van der Waals surface area contributed by atoms with Crippen LogP contribution >= 0.6 is 0 Å². The van der Waals surface area contributed by atoms with Crippen molar-refractivity contribution < 1.29 is 14.6 Å². The number of amides is 1. The van der Waals surface area contributed by atoms with Crippen LogP contribution in [0.3, 0.4) is 0 Å². The number of nitrogens with two attached hydrogens (primary N) is 1. The third kappa shape index (κ3) is 3.32. The predicted octanol–water partition coefficient (Wildman–Crippen LogP) is 0.704. The molecule has 0 atom stereocenters. The van der Waals surface area contributed by atoms with Gasteiger partial charge in [0.15, 0.2) is 0 Å². The molecule has 0 aromatic carbocycles. The number of nitrogens with zero attached hydrogens (tertiary/aromatic N) is 2. The fraction of sp³-hybridized carbons (Fsp3) is 0.643. The Morgan fingerprint density at radius 1 is 1.50 bits per heavy atom. The molecule has 0 saturated carbocycles. The lowest BCUT2D eigenvalue weighted by molar-refractivity contribution is -0.00572. The molecule has 20 heavy (non-hydrogen) atoms. The average molecular weight is 281 g/mol. The SMILES string of the molecule is CCn1cc(N)cc1C(=O)N1CCC(OCCO)CC1. The molecule has 6 heteroatoms. The van der Waals surface area contributed by atoms with E-state index in [9.17, 15) is 4.79 Å². The Bertz CT molecular complexity index is 451. The van der Waals surface area contributed by atoms with E-state index in [1.54, 1.807) is 12.3 Å². The van der Waals surface area contributed by atoms with Crippen molar-refractivity contribution in [1.82, 2.24) is 9.47 Å². The number of aryl methyl sites for hydroxylation is 1. The summed E-state index contributed by atoms with van der Waals surface area (Å²) in [4.78, 5) is 14.3. The minimum Gasteiger partial charge on any atom is -0.397 e. The first-order chi connectivity index (χ1) is 9.65. The van der Waals surface area contributed by atoms with Gasteiger partial charge in [-0.1, -0.05) is 0 Å². The number of rotatable bonds is 5. The van der Waals surface area contributed by atoms with E-state index in [0.717, 1.165) is 19.4 Å². The molecule has 2 rings (SSSR count). The summed E-state index contributed by atoms with van der Waals surface area (Å²) in [5, 5.41) is 8.74. The largest absolute Gasteiger partial charge is 0.397 e. The van der Waals surface area contributed by atoms with Gasteiger partial charge in [0.2, 0.25) is 0 Å². The molecule has 0 unspecified atom stereocenters. The second-order valence-corrected chi connectivity index (χ2v) is 5.03. The number of ether oxygens (including phenoxy) is 1. The minimum atomic E-state index is 0.0316. The van der Waals surface area contributed by atoms with Gasteiger partial charge in [-0.05, 0) is 25.8 Å². The lowest BCUT2D eigenvalue weighted by atomic mass is 10.1. The number of anilines is 1. The Morgan fingerprint density at radius 3 is 2.80 bits per heavy atom. The number of likely N-dealkylation sites (tertiary alicyclic amines) is 1. The highest BCUT2D eigenvalue weighted by Gasteiger charge is 2.25. The summed E-state index contributed by atoms with van der Waals surface area (Å²) in [5.41, 5.74) is 7.04. The fourth-order valence-electron chi connectivity index (χ4n) is 2.58. The van der Waals surface area contributed by atoms with E-state index in [1.165, 1.54) is 0 Å². The van der Waals surface area contributed by atoms with Gasteiger partial charge in [0.25, 0.3) is 5.91 Å². The van der Waals surface area contributed by atoms with Crippen LogP contribution in [0.1, 0.15) is 30.3 Å². The molecule has 0 radical (unpaired) electrons. The number of aromatic nitrogens is 1. The minimum absolute atomic E-state index is 0.0316. The maximum atomic E-state index is 12.5. The monoisotopic (exact) mass is 281 g/mol. The third-order valence-electron chi connectivity index (χ3n) is 3.65. The van der Waals surface area contributed by atoms with E-state index >= 15 is 0 Å². The van der Waals surface area contributed by atoms with Crippen molar-refractivity contribution in [3.63, 3.8) is 0 Å². The first-order valence-electron chi connectivity index (χ1n) is 7.13. The number of nitrogen functional groups attached to an aromatic ring is 1. The van der Waals surface area contributed by atoms with Crippen LogP contribution in [0.5, 0.6) is 0 Å². The predicted molar refractivity (Wildman–Crippen MR) is 76.5 cm³/mol. The number of aliphatic hydroxyl groups is 1. The van der Waals surface area contributed by atoms with Gasteiger partial charge in [-0.25, -0.2) is 0 Å². The van der Waals surface area contributed by atoms with Crippen LogP contribution in [0.2, 0.25) is 0 Å². The number of aliphatic hydroxyl groups excluding tert-OH is 1. The van der Waals surface area contributed by atoms with E-state index < -0.39 is 0 Å². The molecule has 0 aliphatic carbocycles. The Kier molecular flexibility index (Phi) is 5.03. The van der Waals surface area contributed by atoms with Gasteiger partial charge >= 0.3 is 0 Å². The molecule has 1 aromatic rings. The van der Waals surface area contributed by atoms with Crippen molar-refractivity contribution in [1.29, 1.82) is 0 Å². The number of hydrogen-bond donors (Lipinski definition) is 2. The second-order valence-electron chi connectivity index (χ2n) is 5.03. The van der Waals surface area contributed by atoms with Gasteiger partial charge in [0.1, 0.15) is 5.69 Å². The molecule has 1 aliphatic heterocycles. The van der Waals surface area contributed by atoms with E-state index in [2.05, 4.69) is 0 Å². The van der Waals surface area contributed by atoms with Crippen molar-refractivity contribution in [2.75, 3.05) is 32.0 Å². The molecule has 1 aliphatic rings. The number of hydrogen-bond acceptors (Lipinski definition) is 4. The average Bonchev–Trinajstić information content (AvgIpc) is 2.86. The molecule has 6 nitrogen and oxygen atoms in total. The third-order valence-corrected chi connectivity index (χ3v) is 3.65. The Morgan fingerprint density at radius 2 is 2.20 bits per heavy atom. The van der Waals surface area contributed by atoms with Crippen LogP contribution in [0.25, 0.3) is 0 Å². The van der Waals surface area contributed by atoms with Crippen molar-refractivity contribution >= 4 is 11.6 Å². The summed E-state index contributed by atoms with van der Waals surface area (Å²) in [6.45, 7) is 4.50. The number of piperidine rings is 1. The van der Waals surface area contributed by atoms with Crippen molar-refractivity contribution in [2.45, 2.75) is 32.4 Å². The summed E-state index contributed by atoms with van der Waals surface area (Å²) in [7, 11) is 0. The molecule has 0 spiro atoms. The first kappa shape index (κ1) is 14.9. The summed E-state index contributed by atoms with van der Waals surface area (Å²) in [6, 6.07) is 1.74. The molecule has 2 heterocycles. The number of carbonyl (C=O) groups is 1. The lowest BCUT2D eigenvalue weighted by Crippen LogP contribution is -2.41. The summed E-state index contributed by atoms with van der Waals surface area (Å²) in [6.07, 6.45) is 3.57. The van der Waals surface area contributed by atoms with Gasteiger partial charge in [0.05, 0.1) is 25.0 Å². The van der Waals surface area contributed by atoms with Crippen LogP contribution in [0.15, 0.2) is 12.3 Å². The van der Waals surface area contributed by atoms with Crippen LogP contribution in [-0.2, 0) is 11.3 Å². The Hall–Kier alpha value is -1.53. The van der Waals surface area contributed by atoms with E-state index in [1.807, 2.05) is 16.4 Å². The quantitative estimate of drug-likeness (QED) is 0.832. The molecule has 1 fully saturated rings. The van der Waals surface area contributed by atoms with E-state index in [4.69, 9.17) is 15.6 Å². The first-order valence-corrected chi connectivity index (χ1v) is 7.13. The van der Waals surface area contributed by atoms with Gasteiger partial charge in [0, 0.05) is 25.8 Å². The van der Waals surface area contributed by atoms with Crippen molar-refractivity contribution in [2.24, 2.45) is 0 Å². The van der Waals surface area contributed by atoms with Crippen LogP contribution in [0.4, 0.5) is 5.69 Å². The molecule has 1 amide bonds. The molecule has 3 N–H and O–H groups in total. The molecule has 112 valence electrons. The topological polar surface area (TPSA) is 80.7 Å². The molecular weight excluding hydrogens is 258 g/mol. The van der Waals surface area contributed by atoms with Gasteiger partial charge in [-0.3, -0.25) is 4.79 Å². The highest BCUT2D eigenvalue weighted by Crippen LogP contribution is 2.18. The zero-order chi connectivity index (χ0) is 14.5. The van der Waals surface area contributed by atoms with Gasteiger partial charge in [-0.2, -0.15) is 0 Å². The highest BCUT2D eigenvalue weighted by atomic mass is 16.5. The maximum Gasteiger partial charge on any atom is 0.270 e. The maximum absolute atomic E-state index is 12.5. The molecular formula is C14H23N3O3. The Labute approximate surface area is 119 Å². The summed E-state index contributed by atoms with van der Waals surface area (Å²) >= 11 is 0. The van der Waals surface area contributed by atoms with Crippen LogP contribution in [0, 0.1) is 0 Å². The van der Waals surface area contributed by atoms with E-state index in [0.29, 0.717) is 31.1 Å². The zero-order valence-corrected chi connectivity index (χ0v) is 11.9. The van der Waals surface area contributed by atoms with Gasteiger partial charge in [-0.15, -0.1) is 0 Å². The number of carbonyl (C=O) groups excluding carboxylic acids is 1.